The summed E-state index contributed by atoms with van der Waals surface area (Å²) in [7, 11) is 0. The second-order valence-corrected chi connectivity index (χ2v) is 9.03. The van der Waals surface area contributed by atoms with Gasteiger partial charge in [-0.05, 0) is 76.5 Å². The molecule has 0 radical (unpaired) electrons. The molecule has 4 amide bonds. The number of nitrogens with zero attached hydrogens (tertiary/aromatic N) is 1. The van der Waals surface area contributed by atoms with Crippen LogP contribution in [0.5, 0.6) is 23.0 Å². The number of carbonyl (C=O) groups is 3. The first-order valence-corrected chi connectivity index (χ1v) is 12.3. The molecule has 3 aromatic carbocycles. The Kier molecular flexibility index (Phi) is 7.01. The van der Waals surface area contributed by atoms with E-state index in [0.29, 0.717) is 45.2 Å². The predicted molar refractivity (Wildman–Crippen MR) is 138 cm³/mol. The van der Waals surface area contributed by atoms with Crippen molar-refractivity contribution in [3.63, 3.8) is 0 Å². The van der Waals surface area contributed by atoms with Gasteiger partial charge in [0.05, 0.1) is 16.8 Å². The van der Waals surface area contributed by atoms with E-state index in [2.05, 4.69) is 21.2 Å². The molecule has 11 heteroatoms. The van der Waals surface area contributed by atoms with Gasteiger partial charge in [-0.25, -0.2) is 14.1 Å². The maximum Gasteiger partial charge on any atom is 0.335 e. The maximum atomic E-state index is 13.5. The smallest absolute Gasteiger partial charge is 0.335 e. The van der Waals surface area contributed by atoms with Crippen LogP contribution in [0, 0.1) is 5.82 Å². The molecule has 0 unspecified atom stereocenters. The summed E-state index contributed by atoms with van der Waals surface area (Å²) in [6.45, 7) is 2.23. The van der Waals surface area contributed by atoms with Gasteiger partial charge in [-0.1, -0.05) is 12.1 Å². The number of barbiturate groups is 1. The van der Waals surface area contributed by atoms with E-state index in [0.717, 1.165) is 4.90 Å². The molecule has 1 saturated heterocycles. The van der Waals surface area contributed by atoms with Crippen LogP contribution in [0.3, 0.4) is 0 Å². The van der Waals surface area contributed by atoms with Crippen LogP contribution in [0.15, 0.2) is 64.6 Å². The SMILES string of the molecule is CCOc1cc(/C=C2\C(=O)NC(=O)N(c3ccc4c(c3)OCO4)C2=O)cc(Br)c1OCc1cccc(F)c1. The molecule has 9 nitrogen and oxygen atoms in total. The number of carbonyl (C=O) groups excluding carboxylic acids is 3. The lowest BCUT2D eigenvalue weighted by Gasteiger charge is -2.26. The van der Waals surface area contributed by atoms with Crippen molar-refractivity contribution < 1.29 is 37.7 Å². The standard InChI is InChI=1S/C27H20BrFN2O7/c1-2-35-23-11-16(10-20(28)24(23)36-13-15-4-3-5-17(29)8-15)9-19-25(32)30-27(34)31(26(19)33)18-6-7-21-22(12-18)38-14-37-21/h3-12H,2,13-14H2,1H3,(H,30,32,34)/b19-9+. The minimum absolute atomic E-state index is 0.0293. The third-order valence-corrected chi connectivity index (χ3v) is 6.22. The largest absolute Gasteiger partial charge is 0.490 e. The minimum atomic E-state index is -0.881. The molecule has 1 fully saturated rings. The van der Waals surface area contributed by atoms with Crippen LogP contribution in [0.25, 0.3) is 6.08 Å². The summed E-state index contributed by atoms with van der Waals surface area (Å²) < 4.78 is 36.3. The Balaban J connectivity index is 1.45. The summed E-state index contributed by atoms with van der Waals surface area (Å²) in [4.78, 5) is 39.4. The average Bonchev–Trinajstić information content (AvgIpc) is 3.34. The summed E-state index contributed by atoms with van der Waals surface area (Å²) in [5, 5.41) is 2.19. The van der Waals surface area contributed by atoms with Gasteiger partial charge in [0, 0.05) is 6.07 Å². The van der Waals surface area contributed by atoms with E-state index in [-0.39, 0.29) is 30.5 Å². The van der Waals surface area contributed by atoms with E-state index >= 15 is 0 Å². The summed E-state index contributed by atoms with van der Waals surface area (Å²) >= 11 is 3.45. The fraction of sp³-hybridized carbons (Fsp3) is 0.148. The van der Waals surface area contributed by atoms with Gasteiger partial charge < -0.3 is 18.9 Å². The highest BCUT2D eigenvalue weighted by Crippen LogP contribution is 2.39. The Morgan fingerprint density at radius 3 is 2.66 bits per heavy atom. The highest BCUT2D eigenvalue weighted by molar-refractivity contribution is 9.10. The minimum Gasteiger partial charge on any atom is -0.490 e. The van der Waals surface area contributed by atoms with Crippen molar-refractivity contribution in [3.8, 4) is 23.0 Å². The van der Waals surface area contributed by atoms with Crippen LogP contribution in [-0.2, 0) is 16.2 Å². The summed E-state index contributed by atoms with van der Waals surface area (Å²) in [6.07, 6.45) is 1.35. The van der Waals surface area contributed by atoms with Gasteiger partial charge in [-0.2, -0.15) is 0 Å². The highest BCUT2D eigenvalue weighted by atomic mass is 79.9. The van der Waals surface area contributed by atoms with Crippen LogP contribution >= 0.6 is 15.9 Å². The fourth-order valence-corrected chi connectivity index (χ4v) is 4.51. The molecule has 3 aromatic rings. The molecule has 0 atom stereocenters. The summed E-state index contributed by atoms with van der Waals surface area (Å²) in [5.74, 6) is -0.438. The molecule has 0 bridgehead atoms. The van der Waals surface area contributed by atoms with Gasteiger partial charge >= 0.3 is 6.03 Å². The summed E-state index contributed by atoms with van der Waals surface area (Å²) in [6, 6.07) is 13.0. The molecule has 0 spiro atoms. The number of rotatable bonds is 7. The van der Waals surface area contributed by atoms with E-state index in [1.165, 1.54) is 30.3 Å². The molecule has 5 rings (SSSR count). The van der Waals surface area contributed by atoms with Gasteiger partial charge in [0.1, 0.15) is 18.0 Å². The average molecular weight is 583 g/mol. The molecule has 0 aromatic heterocycles. The van der Waals surface area contributed by atoms with Gasteiger partial charge in [-0.15, -0.1) is 0 Å². The van der Waals surface area contributed by atoms with Crippen LogP contribution in [0.4, 0.5) is 14.9 Å². The molecule has 194 valence electrons. The maximum absolute atomic E-state index is 13.5. The second kappa shape index (κ2) is 10.5. The zero-order chi connectivity index (χ0) is 26.8. The van der Waals surface area contributed by atoms with Crippen molar-refractivity contribution in [1.82, 2.24) is 5.32 Å². The fourth-order valence-electron chi connectivity index (χ4n) is 3.94. The molecule has 2 aliphatic heterocycles. The normalized spacial score (nSPS) is 15.6. The van der Waals surface area contributed by atoms with Crippen molar-refractivity contribution in [2.45, 2.75) is 13.5 Å². The number of halogens is 2. The number of hydrogen-bond acceptors (Lipinski definition) is 7. The number of amides is 4. The van der Waals surface area contributed by atoms with Crippen LogP contribution in [0.2, 0.25) is 0 Å². The van der Waals surface area contributed by atoms with Crippen LogP contribution in [-0.4, -0.2) is 31.2 Å². The molecular formula is C27H20BrFN2O7. The van der Waals surface area contributed by atoms with Crippen molar-refractivity contribution in [3.05, 3.63) is 81.6 Å². The van der Waals surface area contributed by atoms with E-state index < -0.39 is 17.8 Å². The van der Waals surface area contributed by atoms with Crippen LogP contribution < -0.4 is 29.2 Å². The van der Waals surface area contributed by atoms with E-state index in [9.17, 15) is 18.8 Å². The molecule has 1 N–H and O–H groups in total. The molecule has 2 aliphatic rings. The van der Waals surface area contributed by atoms with Gasteiger partial charge in [-0.3, -0.25) is 14.9 Å². The molecule has 0 saturated carbocycles. The number of nitrogens with one attached hydrogen (secondary N) is 1. The molecule has 2 heterocycles. The lowest BCUT2D eigenvalue weighted by Crippen LogP contribution is -2.54. The van der Waals surface area contributed by atoms with Crippen molar-refractivity contribution in [1.29, 1.82) is 0 Å². The van der Waals surface area contributed by atoms with Crippen LogP contribution in [0.1, 0.15) is 18.1 Å². The Labute approximate surface area is 224 Å². The predicted octanol–water partition coefficient (Wildman–Crippen LogP) is 4.96. The Morgan fingerprint density at radius 1 is 1.05 bits per heavy atom. The lowest BCUT2D eigenvalue weighted by atomic mass is 10.1. The number of anilines is 1. The number of hydrogen-bond donors (Lipinski definition) is 1. The highest BCUT2D eigenvalue weighted by Gasteiger charge is 2.37. The lowest BCUT2D eigenvalue weighted by molar-refractivity contribution is -0.122. The van der Waals surface area contributed by atoms with E-state index in [1.807, 2.05) is 0 Å². The monoisotopic (exact) mass is 582 g/mol. The van der Waals surface area contributed by atoms with Gasteiger partial charge in [0.2, 0.25) is 6.79 Å². The number of imide groups is 2. The van der Waals surface area contributed by atoms with Gasteiger partial charge in [0.25, 0.3) is 11.8 Å². The number of fused-ring (bicyclic) bond motifs is 1. The summed E-state index contributed by atoms with van der Waals surface area (Å²) in [5.41, 5.74) is 1.03. The third kappa shape index (κ3) is 5.05. The Morgan fingerprint density at radius 2 is 1.87 bits per heavy atom. The zero-order valence-electron chi connectivity index (χ0n) is 20.0. The van der Waals surface area contributed by atoms with Crippen molar-refractivity contribution in [2.24, 2.45) is 0 Å². The molecular weight excluding hydrogens is 563 g/mol. The topological polar surface area (TPSA) is 103 Å². The number of benzene rings is 3. The van der Waals surface area contributed by atoms with Crippen molar-refractivity contribution >= 4 is 45.5 Å². The van der Waals surface area contributed by atoms with Gasteiger partial charge in [0.15, 0.2) is 23.0 Å². The number of ether oxygens (including phenoxy) is 4. The first-order chi connectivity index (χ1) is 18.3. The van der Waals surface area contributed by atoms with E-state index in [1.54, 1.807) is 37.3 Å². The first-order valence-electron chi connectivity index (χ1n) is 11.5. The third-order valence-electron chi connectivity index (χ3n) is 5.63. The Hall–Kier alpha value is -4.38. The second-order valence-electron chi connectivity index (χ2n) is 8.18. The van der Waals surface area contributed by atoms with Crippen molar-refractivity contribution in [2.75, 3.05) is 18.3 Å². The quantitative estimate of drug-likeness (QED) is 0.310. The van der Waals surface area contributed by atoms with E-state index in [4.69, 9.17) is 18.9 Å². The first kappa shape index (κ1) is 25.3. The Bertz CT molecular complexity index is 1490. The molecule has 38 heavy (non-hydrogen) atoms. The zero-order valence-corrected chi connectivity index (χ0v) is 21.5. The molecule has 0 aliphatic carbocycles. The number of urea groups is 1.